The second-order valence-corrected chi connectivity index (χ2v) is 6.34. The van der Waals surface area contributed by atoms with E-state index in [0.29, 0.717) is 17.9 Å². The Morgan fingerprint density at radius 3 is 2.70 bits per heavy atom. The van der Waals surface area contributed by atoms with Crippen molar-refractivity contribution in [1.82, 2.24) is 9.97 Å². The zero-order valence-corrected chi connectivity index (χ0v) is 14.9. The van der Waals surface area contributed by atoms with Crippen LogP contribution in [0.25, 0.3) is 33.8 Å². The topological polar surface area (TPSA) is 81.0 Å². The number of hydrogen-bond donors (Lipinski definition) is 2. The molecule has 1 amide bonds. The number of nitrogens with two attached hydrogens (primary N) is 1. The molecule has 0 aliphatic heterocycles. The number of primary amides is 1. The summed E-state index contributed by atoms with van der Waals surface area (Å²) in [7, 11) is 1.59. The predicted octanol–water partition coefficient (Wildman–Crippen LogP) is 4.13. The summed E-state index contributed by atoms with van der Waals surface area (Å²) in [5, 5.41) is 2.77. The highest BCUT2D eigenvalue weighted by Crippen LogP contribution is 2.30. The second kappa shape index (κ2) is 7.05. The van der Waals surface area contributed by atoms with E-state index in [1.165, 1.54) is 0 Å². The molecule has 5 nitrogen and oxygen atoms in total. The standard InChI is InChI=1S/C22H19N3O2/c1-27-13-19-20(22(23)26)17-10-8-15-12-24-16(11-18(15)21(17)25-19)9-7-14-5-3-2-4-6-14/h2-12,25H,13H2,1H3,(H2,23,26)/b9-7+. The molecule has 0 bridgehead atoms. The fourth-order valence-corrected chi connectivity index (χ4v) is 3.32. The fourth-order valence-electron chi connectivity index (χ4n) is 3.32. The molecule has 27 heavy (non-hydrogen) atoms. The minimum Gasteiger partial charge on any atom is -0.378 e. The molecule has 4 rings (SSSR count). The van der Waals surface area contributed by atoms with Crippen LogP contribution >= 0.6 is 0 Å². The molecule has 2 aromatic carbocycles. The highest BCUT2D eigenvalue weighted by Gasteiger charge is 2.17. The summed E-state index contributed by atoms with van der Waals surface area (Å²) in [5.41, 5.74) is 9.58. The van der Waals surface area contributed by atoms with Crippen LogP contribution in [-0.4, -0.2) is 23.0 Å². The van der Waals surface area contributed by atoms with Gasteiger partial charge in [0, 0.05) is 29.5 Å². The number of nitrogens with zero attached hydrogens (tertiary/aromatic N) is 1. The van der Waals surface area contributed by atoms with Gasteiger partial charge in [0.15, 0.2) is 0 Å². The van der Waals surface area contributed by atoms with Crippen molar-refractivity contribution in [2.75, 3.05) is 7.11 Å². The number of carbonyl (C=O) groups is 1. The zero-order chi connectivity index (χ0) is 18.8. The van der Waals surface area contributed by atoms with Crippen LogP contribution in [0.2, 0.25) is 0 Å². The number of rotatable bonds is 5. The van der Waals surface area contributed by atoms with Crippen LogP contribution in [0.15, 0.2) is 54.7 Å². The third-order valence-corrected chi connectivity index (χ3v) is 4.55. The number of methoxy groups -OCH3 is 1. The second-order valence-electron chi connectivity index (χ2n) is 6.34. The molecular formula is C22H19N3O2. The van der Waals surface area contributed by atoms with Crippen molar-refractivity contribution in [2.24, 2.45) is 5.73 Å². The SMILES string of the molecule is COCc1[nH]c2c(ccc3cnc(/C=C/c4ccccc4)cc32)c1C(N)=O. The maximum Gasteiger partial charge on any atom is 0.251 e. The van der Waals surface area contributed by atoms with Crippen molar-refractivity contribution in [3.8, 4) is 0 Å². The van der Waals surface area contributed by atoms with Gasteiger partial charge in [0.1, 0.15) is 0 Å². The van der Waals surface area contributed by atoms with Crippen LogP contribution in [-0.2, 0) is 11.3 Å². The van der Waals surface area contributed by atoms with Crippen molar-refractivity contribution in [2.45, 2.75) is 6.61 Å². The molecule has 0 atom stereocenters. The van der Waals surface area contributed by atoms with Crippen LogP contribution in [0.3, 0.4) is 0 Å². The summed E-state index contributed by atoms with van der Waals surface area (Å²) in [4.78, 5) is 19.8. The Morgan fingerprint density at radius 1 is 1.15 bits per heavy atom. The molecule has 0 saturated heterocycles. The Balaban J connectivity index is 1.86. The molecule has 2 heterocycles. The normalized spacial score (nSPS) is 11.6. The number of hydrogen-bond acceptors (Lipinski definition) is 3. The highest BCUT2D eigenvalue weighted by atomic mass is 16.5. The lowest BCUT2D eigenvalue weighted by Gasteiger charge is -2.02. The molecule has 0 spiro atoms. The first kappa shape index (κ1) is 17.0. The third kappa shape index (κ3) is 3.20. The Hall–Kier alpha value is -3.44. The summed E-state index contributed by atoms with van der Waals surface area (Å²) in [6.45, 7) is 0.292. The lowest BCUT2D eigenvalue weighted by atomic mass is 10.0. The monoisotopic (exact) mass is 357 g/mol. The molecule has 2 aromatic heterocycles. The first-order valence-electron chi connectivity index (χ1n) is 8.62. The summed E-state index contributed by atoms with van der Waals surface area (Å²) < 4.78 is 5.21. The number of fused-ring (bicyclic) bond motifs is 3. The number of H-pyrrole nitrogens is 1. The van der Waals surface area contributed by atoms with Gasteiger partial charge >= 0.3 is 0 Å². The summed E-state index contributed by atoms with van der Waals surface area (Å²) >= 11 is 0. The summed E-state index contributed by atoms with van der Waals surface area (Å²) in [6.07, 6.45) is 5.83. The Morgan fingerprint density at radius 2 is 1.96 bits per heavy atom. The van der Waals surface area contributed by atoms with Gasteiger partial charge in [-0.3, -0.25) is 9.78 Å². The number of aromatic amines is 1. The number of amides is 1. The highest BCUT2D eigenvalue weighted by molar-refractivity contribution is 6.15. The Labute approximate surface area is 156 Å². The van der Waals surface area contributed by atoms with E-state index in [1.54, 1.807) is 7.11 Å². The largest absolute Gasteiger partial charge is 0.378 e. The maximum atomic E-state index is 12.0. The van der Waals surface area contributed by atoms with Gasteiger partial charge in [0.2, 0.25) is 0 Å². The van der Waals surface area contributed by atoms with E-state index in [-0.39, 0.29) is 0 Å². The number of nitrogens with one attached hydrogen (secondary N) is 1. The molecule has 0 aliphatic rings. The average Bonchev–Trinajstić information content (AvgIpc) is 3.06. The van der Waals surface area contributed by atoms with Crippen molar-refractivity contribution < 1.29 is 9.53 Å². The zero-order valence-electron chi connectivity index (χ0n) is 14.9. The van der Waals surface area contributed by atoms with Crippen molar-refractivity contribution >= 4 is 39.7 Å². The first-order chi connectivity index (χ1) is 13.2. The molecule has 3 N–H and O–H groups in total. The Bertz CT molecular complexity index is 1160. The van der Waals surface area contributed by atoms with Gasteiger partial charge in [0.25, 0.3) is 5.91 Å². The summed E-state index contributed by atoms with van der Waals surface area (Å²) in [5.74, 6) is -0.467. The smallest absolute Gasteiger partial charge is 0.251 e. The molecule has 0 saturated carbocycles. The number of benzene rings is 2. The summed E-state index contributed by atoms with van der Waals surface area (Å²) in [6, 6.07) is 15.9. The van der Waals surface area contributed by atoms with Crippen molar-refractivity contribution in [3.63, 3.8) is 0 Å². The fraction of sp³-hybridized carbons (Fsp3) is 0.0909. The van der Waals surface area contributed by atoms with Crippen LogP contribution in [0, 0.1) is 0 Å². The molecule has 5 heteroatoms. The van der Waals surface area contributed by atoms with E-state index < -0.39 is 5.91 Å². The number of pyridine rings is 1. The number of aromatic nitrogens is 2. The van der Waals surface area contributed by atoms with Crippen LogP contribution in [0.5, 0.6) is 0 Å². The lowest BCUT2D eigenvalue weighted by molar-refractivity contribution is 0.0997. The van der Waals surface area contributed by atoms with E-state index in [1.807, 2.05) is 66.9 Å². The van der Waals surface area contributed by atoms with E-state index in [2.05, 4.69) is 9.97 Å². The van der Waals surface area contributed by atoms with Crippen LogP contribution in [0.1, 0.15) is 27.3 Å². The van der Waals surface area contributed by atoms with Gasteiger partial charge in [-0.25, -0.2) is 0 Å². The van der Waals surface area contributed by atoms with Gasteiger partial charge in [-0.15, -0.1) is 0 Å². The third-order valence-electron chi connectivity index (χ3n) is 4.55. The van der Waals surface area contributed by atoms with E-state index in [0.717, 1.165) is 32.9 Å². The predicted molar refractivity (Wildman–Crippen MR) is 108 cm³/mol. The van der Waals surface area contributed by atoms with Crippen LogP contribution < -0.4 is 5.73 Å². The van der Waals surface area contributed by atoms with Gasteiger partial charge in [-0.2, -0.15) is 0 Å². The quantitative estimate of drug-likeness (QED) is 0.563. The minimum atomic E-state index is -0.467. The molecule has 0 radical (unpaired) electrons. The first-order valence-corrected chi connectivity index (χ1v) is 8.62. The van der Waals surface area contributed by atoms with E-state index in [9.17, 15) is 4.79 Å². The van der Waals surface area contributed by atoms with Crippen LogP contribution in [0.4, 0.5) is 0 Å². The molecule has 0 aliphatic carbocycles. The van der Waals surface area contributed by atoms with Gasteiger partial charge in [-0.05, 0) is 17.7 Å². The number of carbonyl (C=O) groups excluding carboxylic acids is 1. The van der Waals surface area contributed by atoms with Gasteiger partial charge in [0.05, 0.1) is 29.1 Å². The molecule has 0 fully saturated rings. The lowest BCUT2D eigenvalue weighted by Crippen LogP contribution is -2.13. The molecule has 4 aromatic rings. The average molecular weight is 357 g/mol. The minimum absolute atomic E-state index is 0.292. The Kier molecular flexibility index (Phi) is 4.44. The maximum absolute atomic E-state index is 12.0. The molecular weight excluding hydrogens is 338 g/mol. The molecule has 0 unspecified atom stereocenters. The van der Waals surface area contributed by atoms with Gasteiger partial charge < -0.3 is 15.5 Å². The van der Waals surface area contributed by atoms with Crippen molar-refractivity contribution in [3.05, 3.63) is 77.2 Å². The number of ether oxygens (including phenoxy) is 1. The van der Waals surface area contributed by atoms with E-state index >= 15 is 0 Å². The molecule has 134 valence electrons. The van der Waals surface area contributed by atoms with E-state index in [4.69, 9.17) is 10.5 Å². The van der Waals surface area contributed by atoms with Crippen molar-refractivity contribution in [1.29, 1.82) is 0 Å². The van der Waals surface area contributed by atoms with Gasteiger partial charge in [-0.1, -0.05) is 48.5 Å².